The highest BCUT2D eigenvalue weighted by atomic mass is 32.2. The SMILES string of the molecule is CC/C(=C\C=C(/C)Sc1ccccc1)C(=O)C(=N)CC1CCCC1. The summed E-state index contributed by atoms with van der Waals surface area (Å²) in [6.07, 6.45) is 10.1. The molecular formula is C21H27NOS. The molecule has 2 nitrogen and oxygen atoms in total. The van der Waals surface area contributed by atoms with Crippen LogP contribution in [0.3, 0.4) is 0 Å². The summed E-state index contributed by atoms with van der Waals surface area (Å²) in [5.41, 5.74) is 1.03. The Bertz CT molecular complexity index is 624. The maximum atomic E-state index is 12.5. The summed E-state index contributed by atoms with van der Waals surface area (Å²) in [6, 6.07) is 10.2. The highest BCUT2D eigenvalue weighted by Gasteiger charge is 2.21. The molecule has 0 amide bonds. The standard InChI is InChI=1S/C21H27NOS/c1-3-18(21(23)20(22)15-17-9-7-8-10-17)14-13-16(2)24-19-11-5-4-6-12-19/h4-6,11-14,17,22H,3,7-10,15H2,1-2H3/b16-13+,18-14+,22-20?. The molecule has 0 aliphatic heterocycles. The van der Waals surface area contributed by atoms with Crippen molar-refractivity contribution in [3.05, 3.63) is 53.0 Å². The van der Waals surface area contributed by atoms with Crippen LogP contribution in [0.1, 0.15) is 52.4 Å². The van der Waals surface area contributed by atoms with Crippen LogP contribution in [0.15, 0.2) is 57.9 Å². The molecule has 0 spiro atoms. The average molecular weight is 342 g/mol. The normalized spacial score (nSPS) is 16.4. The van der Waals surface area contributed by atoms with E-state index in [2.05, 4.69) is 19.1 Å². The largest absolute Gasteiger partial charge is 0.301 e. The number of hydrogen-bond acceptors (Lipinski definition) is 3. The van der Waals surface area contributed by atoms with Crippen LogP contribution in [0.4, 0.5) is 0 Å². The molecule has 2 rings (SSSR count). The minimum atomic E-state index is -0.0711. The molecule has 1 aromatic rings. The van der Waals surface area contributed by atoms with Gasteiger partial charge in [0.1, 0.15) is 0 Å². The highest BCUT2D eigenvalue weighted by molar-refractivity contribution is 8.03. The number of carbonyl (C=O) groups is 1. The van der Waals surface area contributed by atoms with E-state index in [0.717, 1.165) is 10.5 Å². The molecule has 0 unspecified atom stereocenters. The van der Waals surface area contributed by atoms with Gasteiger partial charge >= 0.3 is 0 Å². The van der Waals surface area contributed by atoms with E-state index >= 15 is 0 Å². The molecule has 0 bridgehead atoms. The predicted molar refractivity (Wildman–Crippen MR) is 104 cm³/mol. The van der Waals surface area contributed by atoms with E-state index in [-0.39, 0.29) is 11.5 Å². The van der Waals surface area contributed by atoms with Crippen molar-refractivity contribution in [1.29, 1.82) is 5.41 Å². The summed E-state index contributed by atoms with van der Waals surface area (Å²) < 4.78 is 0. The maximum absolute atomic E-state index is 12.5. The number of rotatable bonds is 8. The van der Waals surface area contributed by atoms with Gasteiger partial charge in [0.05, 0.1) is 5.71 Å². The van der Waals surface area contributed by atoms with Crippen molar-refractivity contribution >= 4 is 23.3 Å². The Balaban J connectivity index is 1.97. The summed E-state index contributed by atoms with van der Waals surface area (Å²) >= 11 is 1.69. The second kappa shape index (κ2) is 9.63. The minimum absolute atomic E-state index is 0.0711. The zero-order valence-electron chi connectivity index (χ0n) is 14.7. The van der Waals surface area contributed by atoms with Crippen molar-refractivity contribution in [3.63, 3.8) is 0 Å². The van der Waals surface area contributed by atoms with Crippen molar-refractivity contribution < 1.29 is 4.79 Å². The van der Waals surface area contributed by atoms with E-state index in [4.69, 9.17) is 5.41 Å². The van der Waals surface area contributed by atoms with Gasteiger partial charge in [-0.2, -0.15) is 0 Å². The monoisotopic (exact) mass is 341 g/mol. The van der Waals surface area contributed by atoms with Gasteiger partial charge in [-0.1, -0.05) is 74.7 Å². The Hall–Kier alpha value is -1.61. The quantitative estimate of drug-likeness (QED) is 0.265. The molecule has 1 aliphatic rings. The van der Waals surface area contributed by atoms with Gasteiger partial charge in [-0.3, -0.25) is 4.79 Å². The third kappa shape index (κ3) is 5.79. The molecule has 1 fully saturated rings. The Morgan fingerprint density at radius 1 is 1.21 bits per heavy atom. The Labute approximate surface area is 149 Å². The van der Waals surface area contributed by atoms with E-state index in [1.165, 1.54) is 30.6 Å². The summed E-state index contributed by atoms with van der Waals surface area (Å²) in [6.45, 7) is 4.04. The summed E-state index contributed by atoms with van der Waals surface area (Å²) in [4.78, 5) is 14.8. The van der Waals surface area contributed by atoms with Crippen molar-refractivity contribution in [2.45, 2.75) is 57.3 Å². The lowest BCUT2D eigenvalue weighted by atomic mass is 9.94. The molecule has 0 atom stereocenters. The van der Waals surface area contributed by atoms with Crippen LogP contribution >= 0.6 is 11.8 Å². The second-order valence-corrected chi connectivity index (χ2v) is 7.72. The van der Waals surface area contributed by atoms with Crippen LogP contribution in [-0.2, 0) is 4.79 Å². The number of carbonyl (C=O) groups excluding carboxylic acids is 1. The fraction of sp³-hybridized carbons (Fsp3) is 0.429. The van der Waals surface area contributed by atoms with Gasteiger partial charge in [-0.15, -0.1) is 0 Å². The molecule has 0 aromatic heterocycles. The fourth-order valence-electron chi connectivity index (χ4n) is 3.07. The van der Waals surface area contributed by atoms with Gasteiger partial charge in [0.2, 0.25) is 5.78 Å². The zero-order valence-corrected chi connectivity index (χ0v) is 15.5. The number of ketones is 1. The third-order valence-electron chi connectivity index (χ3n) is 4.46. The van der Waals surface area contributed by atoms with E-state index in [0.29, 0.717) is 18.8 Å². The number of hydrogen-bond donors (Lipinski definition) is 1. The molecule has 1 saturated carbocycles. The van der Waals surface area contributed by atoms with E-state index in [1.807, 2.05) is 37.3 Å². The predicted octanol–water partition coefficient (Wildman–Crippen LogP) is 6.19. The smallest absolute Gasteiger partial charge is 0.202 e. The van der Waals surface area contributed by atoms with E-state index in [9.17, 15) is 4.79 Å². The van der Waals surface area contributed by atoms with E-state index in [1.54, 1.807) is 11.8 Å². The molecule has 0 saturated heterocycles. The molecule has 3 heteroatoms. The van der Waals surface area contributed by atoms with Gasteiger partial charge in [-0.05, 0) is 42.7 Å². The molecular weight excluding hydrogens is 314 g/mol. The van der Waals surface area contributed by atoms with Gasteiger partial charge in [0.15, 0.2) is 0 Å². The second-order valence-electron chi connectivity index (χ2n) is 6.40. The van der Waals surface area contributed by atoms with Crippen LogP contribution in [0, 0.1) is 11.3 Å². The first-order chi connectivity index (χ1) is 11.6. The number of thioether (sulfide) groups is 1. The summed E-state index contributed by atoms with van der Waals surface area (Å²) in [5, 5.41) is 8.14. The number of nitrogens with one attached hydrogen (secondary N) is 1. The average Bonchev–Trinajstić information content (AvgIpc) is 3.09. The van der Waals surface area contributed by atoms with Crippen LogP contribution in [0.5, 0.6) is 0 Å². The van der Waals surface area contributed by atoms with Gasteiger partial charge in [0.25, 0.3) is 0 Å². The molecule has 24 heavy (non-hydrogen) atoms. The molecule has 1 aromatic carbocycles. The van der Waals surface area contributed by atoms with Crippen molar-refractivity contribution in [3.8, 4) is 0 Å². The maximum Gasteiger partial charge on any atom is 0.202 e. The van der Waals surface area contributed by atoms with E-state index < -0.39 is 0 Å². The Morgan fingerprint density at radius 2 is 1.88 bits per heavy atom. The first-order valence-corrected chi connectivity index (χ1v) is 9.64. The molecule has 128 valence electrons. The molecule has 0 heterocycles. The van der Waals surface area contributed by atoms with Crippen molar-refractivity contribution in [1.82, 2.24) is 0 Å². The van der Waals surface area contributed by atoms with Gasteiger partial charge < -0.3 is 5.41 Å². The lowest BCUT2D eigenvalue weighted by molar-refractivity contribution is -0.110. The number of allylic oxidation sites excluding steroid dienone is 4. The van der Waals surface area contributed by atoms with Crippen LogP contribution in [-0.4, -0.2) is 11.5 Å². The van der Waals surface area contributed by atoms with Crippen LogP contribution < -0.4 is 0 Å². The van der Waals surface area contributed by atoms with Crippen LogP contribution in [0.2, 0.25) is 0 Å². The van der Waals surface area contributed by atoms with Gasteiger partial charge in [0, 0.05) is 10.5 Å². The Morgan fingerprint density at radius 3 is 2.50 bits per heavy atom. The molecule has 1 aliphatic carbocycles. The third-order valence-corrected chi connectivity index (χ3v) is 5.42. The summed E-state index contributed by atoms with van der Waals surface area (Å²) in [7, 11) is 0. The zero-order chi connectivity index (χ0) is 17.4. The Kier molecular flexibility index (Phi) is 7.51. The van der Waals surface area contributed by atoms with Gasteiger partial charge in [-0.25, -0.2) is 0 Å². The minimum Gasteiger partial charge on any atom is -0.301 e. The van der Waals surface area contributed by atoms with Crippen LogP contribution in [0.25, 0.3) is 0 Å². The summed E-state index contributed by atoms with van der Waals surface area (Å²) in [5.74, 6) is 0.476. The fourth-order valence-corrected chi connectivity index (χ4v) is 3.87. The van der Waals surface area contributed by atoms with Crippen molar-refractivity contribution in [2.75, 3.05) is 0 Å². The molecule has 0 radical (unpaired) electrons. The lowest BCUT2D eigenvalue weighted by Gasteiger charge is -2.10. The first kappa shape index (κ1) is 18.7. The lowest BCUT2D eigenvalue weighted by Crippen LogP contribution is -2.18. The topological polar surface area (TPSA) is 40.9 Å². The first-order valence-electron chi connectivity index (χ1n) is 8.82. The molecule has 1 N–H and O–H groups in total. The number of benzene rings is 1. The highest BCUT2D eigenvalue weighted by Crippen LogP contribution is 2.28. The number of Topliss-reactive ketones (excluding diaryl/α,β-unsaturated/α-hetero) is 1. The van der Waals surface area contributed by atoms with Crippen molar-refractivity contribution in [2.24, 2.45) is 5.92 Å².